The molecule has 0 bridgehead atoms. The molecule has 0 atom stereocenters. The average molecular weight is 282 g/mol. The van der Waals surface area contributed by atoms with Crippen molar-refractivity contribution in [1.29, 1.82) is 0 Å². The first-order chi connectivity index (χ1) is 10.2. The molecular weight excluding hydrogens is 252 g/mol. The molecule has 0 aliphatic heterocycles. The van der Waals surface area contributed by atoms with E-state index in [0.717, 1.165) is 12.3 Å². The normalized spacial score (nSPS) is 11.4. The van der Waals surface area contributed by atoms with Crippen LogP contribution in [0.4, 0.5) is 0 Å². The maximum absolute atomic E-state index is 2.33. The van der Waals surface area contributed by atoms with Gasteiger partial charge in [-0.2, -0.15) is 0 Å². The molecule has 2 aromatic rings. The summed E-state index contributed by atoms with van der Waals surface area (Å²) in [5, 5.41) is 2.86. The number of rotatable bonds is 8. The van der Waals surface area contributed by atoms with Crippen LogP contribution in [0.5, 0.6) is 0 Å². The Hall–Kier alpha value is -1.30. The molecule has 0 heteroatoms. The lowest BCUT2D eigenvalue weighted by atomic mass is 9.93. The number of hydrogen-bond acceptors (Lipinski definition) is 0. The number of unbranched alkanes of at least 4 members (excludes halogenated alkanes) is 3. The summed E-state index contributed by atoms with van der Waals surface area (Å²) < 4.78 is 0. The molecule has 0 saturated carbocycles. The Balaban J connectivity index is 1.97. The van der Waals surface area contributed by atoms with E-state index in [2.05, 4.69) is 57.2 Å². The summed E-state index contributed by atoms with van der Waals surface area (Å²) in [5.41, 5.74) is 3.13. The lowest BCUT2D eigenvalue weighted by molar-refractivity contribution is 0.520. The van der Waals surface area contributed by atoms with E-state index in [9.17, 15) is 0 Å². The second-order valence-corrected chi connectivity index (χ2v) is 6.62. The van der Waals surface area contributed by atoms with Gasteiger partial charge in [-0.15, -0.1) is 0 Å². The third-order valence-electron chi connectivity index (χ3n) is 4.48. The van der Waals surface area contributed by atoms with E-state index in [1.54, 1.807) is 5.56 Å². The Kier molecular flexibility index (Phi) is 6.29. The molecule has 0 spiro atoms. The van der Waals surface area contributed by atoms with Gasteiger partial charge in [-0.05, 0) is 47.1 Å². The molecule has 0 fully saturated rings. The van der Waals surface area contributed by atoms with Crippen LogP contribution in [0.25, 0.3) is 10.8 Å². The predicted octanol–water partition coefficient (Wildman–Crippen LogP) is 6.55. The Morgan fingerprint density at radius 3 is 2.38 bits per heavy atom. The number of hydrogen-bond donors (Lipinski definition) is 0. The van der Waals surface area contributed by atoms with Crippen LogP contribution >= 0.6 is 0 Å². The maximum Gasteiger partial charge on any atom is -0.0149 e. The van der Waals surface area contributed by atoms with Crippen molar-refractivity contribution < 1.29 is 0 Å². The lowest BCUT2D eigenvalue weighted by Gasteiger charge is -2.12. The van der Waals surface area contributed by atoms with Gasteiger partial charge >= 0.3 is 0 Å². The minimum Gasteiger partial charge on any atom is -0.0628 e. The van der Waals surface area contributed by atoms with Gasteiger partial charge < -0.3 is 0 Å². The smallest absolute Gasteiger partial charge is 0.0149 e. The molecule has 0 radical (unpaired) electrons. The van der Waals surface area contributed by atoms with E-state index in [-0.39, 0.29) is 0 Å². The first-order valence-corrected chi connectivity index (χ1v) is 8.72. The first-order valence-electron chi connectivity index (χ1n) is 8.72. The topological polar surface area (TPSA) is 0 Å². The third kappa shape index (κ3) is 4.59. The average Bonchev–Trinajstić information content (AvgIpc) is 2.50. The van der Waals surface area contributed by atoms with Crippen molar-refractivity contribution >= 4 is 10.8 Å². The highest BCUT2D eigenvalue weighted by Gasteiger charge is 2.06. The van der Waals surface area contributed by atoms with E-state index in [4.69, 9.17) is 0 Å². The van der Waals surface area contributed by atoms with Crippen molar-refractivity contribution in [3.8, 4) is 0 Å². The van der Waals surface area contributed by atoms with E-state index in [1.807, 2.05) is 0 Å². The third-order valence-corrected chi connectivity index (χ3v) is 4.48. The highest BCUT2D eigenvalue weighted by Crippen LogP contribution is 2.25. The van der Waals surface area contributed by atoms with Crippen molar-refractivity contribution in [1.82, 2.24) is 0 Å². The van der Waals surface area contributed by atoms with Crippen LogP contribution in [0.15, 0.2) is 36.4 Å². The maximum atomic E-state index is 2.33. The molecule has 0 saturated heterocycles. The summed E-state index contributed by atoms with van der Waals surface area (Å²) in [5.74, 6) is 0.856. The van der Waals surface area contributed by atoms with Gasteiger partial charge in [0.2, 0.25) is 0 Å². The van der Waals surface area contributed by atoms with Crippen molar-refractivity contribution in [2.75, 3.05) is 0 Å². The molecular formula is C21H30. The Bertz CT molecular complexity index is 551. The largest absolute Gasteiger partial charge is 0.0628 e. The van der Waals surface area contributed by atoms with Gasteiger partial charge in [0.25, 0.3) is 0 Å². The molecule has 114 valence electrons. The van der Waals surface area contributed by atoms with Crippen LogP contribution in [0.3, 0.4) is 0 Å². The predicted molar refractivity (Wildman–Crippen MR) is 95.0 cm³/mol. The van der Waals surface area contributed by atoms with E-state index in [1.165, 1.54) is 54.9 Å². The Morgan fingerprint density at radius 2 is 1.62 bits per heavy atom. The zero-order chi connectivity index (χ0) is 15.1. The van der Waals surface area contributed by atoms with Crippen LogP contribution < -0.4 is 0 Å². The highest BCUT2D eigenvalue weighted by molar-refractivity contribution is 5.86. The molecule has 0 unspecified atom stereocenters. The molecule has 0 aromatic heterocycles. The standard InChI is InChI=1S/C21H30/c1-4-18-15-16-19-12-9-10-14-21(19)20(18)13-8-6-5-7-11-17(2)3/h9-10,12,14-17H,4-8,11,13H2,1-3H3. The Labute approximate surface area is 130 Å². The van der Waals surface area contributed by atoms with E-state index >= 15 is 0 Å². The van der Waals surface area contributed by atoms with Crippen molar-refractivity contribution in [3.05, 3.63) is 47.5 Å². The SMILES string of the molecule is CCc1ccc2ccccc2c1CCCCCCC(C)C. The quantitative estimate of drug-likeness (QED) is 0.481. The van der Waals surface area contributed by atoms with Gasteiger partial charge in [-0.3, -0.25) is 0 Å². The summed E-state index contributed by atoms with van der Waals surface area (Å²) >= 11 is 0. The molecule has 0 amide bonds. The number of aryl methyl sites for hydroxylation is 2. The minimum absolute atomic E-state index is 0.856. The zero-order valence-electron chi connectivity index (χ0n) is 14.0. The monoisotopic (exact) mass is 282 g/mol. The van der Waals surface area contributed by atoms with Crippen molar-refractivity contribution in [2.24, 2.45) is 5.92 Å². The lowest BCUT2D eigenvalue weighted by Crippen LogP contribution is -1.95. The van der Waals surface area contributed by atoms with Gasteiger partial charge in [0, 0.05) is 0 Å². The van der Waals surface area contributed by atoms with Crippen LogP contribution in [0.1, 0.15) is 64.0 Å². The Morgan fingerprint density at radius 1 is 0.857 bits per heavy atom. The second-order valence-electron chi connectivity index (χ2n) is 6.62. The van der Waals surface area contributed by atoms with E-state index < -0.39 is 0 Å². The summed E-state index contributed by atoms with van der Waals surface area (Å²) in [6, 6.07) is 13.5. The highest BCUT2D eigenvalue weighted by atomic mass is 14.1. The summed E-state index contributed by atoms with van der Waals surface area (Å²) in [6.07, 6.45) is 9.27. The van der Waals surface area contributed by atoms with Gasteiger partial charge in [0.1, 0.15) is 0 Å². The molecule has 21 heavy (non-hydrogen) atoms. The molecule has 0 aliphatic carbocycles. The molecule has 0 heterocycles. The number of fused-ring (bicyclic) bond motifs is 1. The van der Waals surface area contributed by atoms with Crippen molar-refractivity contribution in [2.45, 2.75) is 65.7 Å². The van der Waals surface area contributed by atoms with Crippen LogP contribution in [0.2, 0.25) is 0 Å². The number of benzene rings is 2. The van der Waals surface area contributed by atoms with E-state index in [0.29, 0.717) is 0 Å². The minimum atomic E-state index is 0.856. The molecule has 0 nitrogen and oxygen atoms in total. The van der Waals surface area contributed by atoms with Crippen LogP contribution in [-0.2, 0) is 12.8 Å². The van der Waals surface area contributed by atoms with Crippen molar-refractivity contribution in [3.63, 3.8) is 0 Å². The van der Waals surface area contributed by atoms with Gasteiger partial charge in [0.05, 0.1) is 0 Å². The second kappa shape index (κ2) is 8.22. The fourth-order valence-electron chi connectivity index (χ4n) is 3.22. The summed E-state index contributed by atoms with van der Waals surface area (Å²) in [6.45, 7) is 6.92. The fraction of sp³-hybridized carbons (Fsp3) is 0.524. The van der Waals surface area contributed by atoms with Crippen LogP contribution in [0, 0.1) is 5.92 Å². The van der Waals surface area contributed by atoms with Gasteiger partial charge in [-0.25, -0.2) is 0 Å². The molecule has 2 rings (SSSR count). The van der Waals surface area contributed by atoms with Gasteiger partial charge in [-0.1, -0.05) is 82.9 Å². The van der Waals surface area contributed by atoms with Gasteiger partial charge in [0.15, 0.2) is 0 Å². The first kappa shape index (κ1) is 16.1. The zero-order valence-corrected chi connectivity index (χ0v) is 14.0. The molecule has 0 aliphatic rings. The fourth-order valence-corrected chi connectivity index (χ4v) is 3.22. The molecule has 2 aromatic carbocycles. The van der Waals surface area contributed by atoms with Crippen LogP contribution in [-0.4, -0.2) is 0 Å². The summed E-state index contributed by atoms with van der Waals surface area (Å²) in [7, 11) is 0. The summed E-state index contributed by atoms with van der Waals surface area (Å²) in [4.78, 5) is 0. The molecule has 0 N–H and O–H groups in total.